The average molecular weight is 177 g/mol. The van der Waals surface area contributed by atoms with Crippen LogP contribution in [0.5, 0.6) is 0 Å². The van der Waals surface area contributed by atoms with Gasteiger partial charge in [0.25, 0.3) is 0 Å². The van der Waals surface area contributed by atoms with Crippen LogP contribution in [0.4, 0.5) is 0 Å². The highest BCUT2D eigenvalue weighted by Crippen LogP contribution is 2.07. The molecule has 0 saturated heterocycles. The Morgan fingerprint density at radius 3 is 1.91 bits per heavy atom. The van der Waals surface area contributed by atoms with Crippen molar-refractivity contribution in [2.75, 3.05) is 26.1 Å². The van der Waals surface area contributed by atoms with Gasteiger partial charge in [0.05, 0.1) is 0 Å². The Bertz CT molecular complexity index is 126. The molecule has 0 fully saturated rings. The van der Waals surface area contributed by atoms with Crippen LogP contribution in [0.15, 0.2) is 0 Å². The molecule has 0 spiro atoms. The van der Waals surface area contributed by atoms with Gasteiger partial charge in [-0.3, -0.25) is 4.21 Å². The van der Waals surface area contributed by atoms with Crippen molar-refractivity contribution in [2.45, 2.75) is 19.9 Å². The number of rotatable bonds is 4. The first-order chi connectivity index (χ1) is 4.95. The summed E-state index contributed by atoms with van der Waals surface area (Å²) in [4.78, 5) is 2.14. The Morgan fingerprint density at radius 1 is 1.36 bits per heavy atom. The highest BCUT2D eigenvalue weighted by molar-refractivity contribution is 7.84. The van der Waals surface area contributed by atoms with Gasteiger partial charge in [0.15, 0.2) is 0 Å². The smallest absolute Gasteiger partial charge is 0.0390 e. The van der Waals surface area contributed by atoms with Gasteiger partial charge in [0.2, 0.25) is 0 Å². The number of hydrogen-bond acceptors (Lipinski definition) is 2. The monoisotopic (exact) mass is 177 g/mol. The maximum atomic E-state index is 10.9. The summed E-state index contributed by atoms with van der Waals surface area (Å²) in [7, 11) is 3.40. The standard InChI is InChI=1S/C8H19NOS/c1-7(2)8(9(3)4)6-11(5)10/h7-8H,6H2,1-5H3. The molecule has 3 heteroatoms. The van der Waals surface area contributed by atoms with Gasteiger partial charge in [-0.2, -0.15) is 0 Å². The van der Waals surface area contributed by atoms with E-state index < -0.39 is 10.8 Å². The average Bonchev–Trinajstić information content (AvgIpc) is 1.81. The van der Waals surface area contributed by atoms with Gasteiger partial charge < -0.3 is 4.90 Å². The van der Waals surface area contributed by atoms with Crippen molar-refractivity contribution in [3.8, 4) is 0 Å². The Kier molecular flexibility index (Phi) is 4.93. The molecule has 68 valence electrons. The van der Waals surface area contributed by atoms with E-state index in [9.17, 15) is 4.21 Å². The predicted molar refractivity (Wildman–Crippen MR) is 51.2 cm³/mol. The van der Waals surface area contributed by atoms with Crippen molar-refractivity contribution in [3.05, 3.63) is 0 Å². The van der Waals surface area contributed by atoms with Gasteiger partial charge in [-0.25, -0.2) is 0 Å². The summed E-state index contributed by atoms with van der Waals surface area (Å²) in [5, 5.41) is 0. The molecule has 0 radical (unpaired) electrons. The van der Waals surface area contributed by atoms with Crippen molar-refractivity contribution < 1.29 is 4.21 Å². The van der Waals surface area contributed by atoms with E-state index in [2.05, 4.69) is 18.7 Å². The summed E-state index contributed by atoms with van der Waals surface area (Å²) in [6, 6.07) is 0.445. The summed E-state index contributed by atoms with van der Waals surface area (Å²) in [5.74, 6) is 1.36. The zero-order chi connectivity index (χ0) is 9.02. The summed E-state index contributed by atoms with van der Waals surface area (Å²) in [6.07, 6.45) is 1.76. The maximum Gasteiger partial charge on any atom is 0.0390 e. The highest BCUT2D eigenvalue weighted by Gasteiger charge is 2.16. The molecule has 11 heavy (non-hydrogen) atoms. The van der Waals surface area contributed by atoms with Crippen molar-refractivity contribution >= 4 is 10.8 Å². The van der Waals surface area contributed by atoms with E-state index in [-0.39, 0.29) is 0 Å². The minimum absolute atomic E-state index is 0.445. The second-order valence-electron chi connectivity index (χ2n) is 3.51. The largest absolute Gasteiger partial charge is 0.305 e. The molecule has 0 aliphatic rings. The third-order valence-corrected chi connectivity index (χ3v) is 2.65. The third-order valence-electron chi connectivity index (χ3n) is 1.84. The molecule has 0 rings (SSSR count). The van der Waals surface area contributed by atoms with Crippen molar-refractivity contribution in [1.29, 1.82) is 0 Å². The molecule has 0 bridgehead atoms. The number of nitrogens with zero attached hydrogens (tertiary/aromatic N) is 1. The zero-order valence-electron chi connectivity index (χ0n) is 8.13. The SMILES string of the molecule is CC(C)C(CS(C)=O)N(C)C. The molecular weight excluding hydrogens is 158 g/mol. The van der Waals surface area contributed by atoms with Gasteiger partial charge in [-0.1, -0.05) is 13.8 Å². The molecule has 0 N–H and O–H groups in total. The van der Waals surface area contributed by atoms with E-state index in [0.29, 0.717) is 12.0 Å². The Labute approximate surface area is 72.4 Å². The third kappa shape index (κ3) is 4.53. The van der Waals surface area contributed by atoms with Crippen LogP contribution in [-0.4, -0.2) is 41.3 Å². The second kappa shape index (κ2) is 4.88. The highest BCUT2D eigenvalue weighted by atomic mass is 32.2. The first-order valence-electron chi connectivity index (χ1n) is 3.91. The van der Waals surface area contributed by atoms with E-state index in [1.54, 1.807) is 6.26 Å². The Morgan fingerprint density at radius 2 is 1.82 bits per heavy atom. The lowest BCUT2D eigenvalue weighted by atomic mass is 10.1. The van der Waals surface area contributed by atoms with Crippen LogP contribution in [-0.2, 0) is 10.8 Å². The van der Waals surface area contributed by atoms with Crippen LogP contribution in [0.1, 0.15) is 13.8 Å². The predicted octanol–water partition coefficient (Wildman–Crippen LogP) is 0.951. The van der Waals surface area contributed by atoms with Crippen molar-refractivity contribution in [3.63, 3.8) is 0 Å². The first kappa shape index (κ1) is 11.1. The van der Waals surface area contributed by atoms with Crippen LogP contribution in [0.25, 0.3) is 0 Å². The fourth-order valence-electron chi connectivity index (χ4n) is 1.18. The molecule has 0 heterocycles. The van der Waals surface area contributed by atoms with Crippen molar-refractivity contribution in [1.82, 2.24) is 4.90 Å². The Hall–Kier alpha value is 0.110. The lowest BCUT2D eigenvalue weighted by Crippen LogP contribution is -2.37. The minimum atomic E-state index is -0.678. The molecule has 0 aromatic heterocycles. The second-order valence-corrected chi connectivity index (χ2v) is 4.99. The summed E-state index contributed by atoms with van der Waals surface area (Å²) in [5.41, 5.74) is 0. The topological polar surface area (TPSA) is 20.3 Å². The van der Waals surface area contributed by atoms with Crippen LogP contribution < -0.4 is 0 Å². The first-order valence-corrected chi connectivity index (χ1v) is 5.64. The fraction of sp³-hybridized carbons (Fsp3) is 1.00. The van der Waals surface area contributed by atoms with E-state index in [1.807, 2.05) is 14.1 Å². The molecule has 0 aliphatic carbocycles. The molecule has 2 unspecified atom stereocenters. The molecule has 0 aromatic carbocycles. The van der Waals surface area contributed by atoms with Crippen LogP contribution >= 0.6 is 0 Å². The number of hydrogen-bond donors (Lipinski definition) is 0. The zero-order valence-corrected chi connectivity index (χ0v) is 8.94. The van der Waals surface area contributed by atoms with Gasteiger partial charge in [0.1, 0.15) is 0 Å². The van der Waals surface area contributed by atoms with Gasteiger partial charge >= 0.3 is 0 Å². The molecule has 2 nitrogen and oxygen atoms in total. The van der Waals surface area contributed by atoms with Gasteiger partial charge in [0, 0.05) is 28.9 Å². The van der Waals surface area contributed by atoms with E-state index in [0.717, 1.165) is 5.75 Å². The molecule has 0 aromatic rings. The minimum Gasteiger partial charge on any atom is -0.305 e. The maximum absolute atomic E-state index is 10.9. The van der Waals surface area contributed by atoms with Crippen LogP contribution in [0.3, 0.4) is 0 Å². The Balaban J connectivity index is 4.00. The summed E-state index contributed by atoms with van der Waals surface area (Å²) >= 11 is 0. The fourth-order valence-corrected chi connectivity index (χ4v) is 2.34. The molecular formula is C8H19NOS. The van der Waals surface area contributed by atoms with Gasteiger partial charge in [-0.05, 0) is 20.0 Å². The van der Waals surface area contributed by atoms with E-state index in [1.165, 1.54) is 0 Å². The van der Waals surface area contributed by atoms with E-state index >= 15 is 0 Å². The normalized spacial score (nSPS) is 17.4. The molecule has 0 amide bonds. The van der Waals surface area contributed by atoms with Crippen LogP contribution in [0, 0.1) is 5.92 Å². The van der Waals surface area contributed by atoms with Gasteiger partial charge in [-0.15, -0.1) is 0 Å². The quantitative estimate of drug-likeness (QED) is 0.637. The summed E-state index contributed by atoms with van der Waals surface area (Å²) < 4.78 is 10.9. The molecule has 2 atom stereocenters. The molecule has 0 aliphatic heterocycles. The lowest BCUT2D eigenvalue weighted by molar-refractivity contribution is 0.254. The summed E-state index contributed by atoms with van der Waals surface area (Å²) in [6.45, 7) is 4.33. The molecule has 0 saturated carbocycles. The van der Waals surface area contributed by atoms with Crippen LogP contribution in [0.2, 0.25) is 0 Å². The lowest BCUT2D eigenvalue weighted by Gasteiger charge is -2.26. The van der Waals surface area contributed by atoms with Crippen molar-refractivity contribution in [2.24, 2.45) is 5.92 Å². The van der Waals surface area contributed by atoms with E-state index in [4.69, 9.17) is 0 Å².